The first-order chi connectivity index (χ1) is 8.71. The molecular weight excluding hydrogens is 292 g/mol. The summed E-state index contributed by atoms with van der Waals surface area (Å²) in [5.41, 5.74) is -1.02. The van der Waals surface area contributed by atoms with Crippen molar-refractivity contribution in [2.75, 3.05) is 18.4 Å². The lowest BCUT2D eigenvalue weighted by Gasteiger charge is -2.17. The van der Waals surface area contributed by atoms with Gasteiger partial charge in [0.15, 0.2) is 0 Å². The minimum Gasteiger partial charge on any atom is -0.389 e. The average molecular weight is 306 g/mol. The van der Waals surface area contributed by atoms with Crippen molar-refractivity contribution >= 4 is 32.4 Å². The second-order valence-corrected chi connectivity index (χ2v) is 7.73. The number of aliphatic hydroxyl groups is 1. The number of anilines is 1. The van der Waals surface area contributed by atoms with Gasteiger partial charge in [-0.05, 0) is 13.3 Å². The van der Waals surface area contributed by atoms with E-state index in [1.165, 1.54) is 11.2 Å². The molecule has 1 saturated heterocycles. The van der Waals surface area contributed by atoms with Crippen LogP contribution < -0.4 is 5.32 Å². The monoisotopic (exact) mass is 306 g/mol. The van der Waals surface area contributed by atoms with Gasteiger partial charge in [-0.1, -0.05) is 11.3 Å². The van der Waals surface area contributed by atoms with Gasteiger partial charge in [-0.25, -0.2) is 8.42 Å². The highest BCUT2D eigenvalue weighted by atomic mass is 32.2. The second-order valence-electron chi connectivity index (χ2n) is 4.64. The molecular formula is C9H14N4O4S2. The normalized spacial score (nSPS) is 24.6. The van der Waals surface area contributed by atoms with Gasteiger partial charge >= 0.3 is 0 Å². The minimum atomic E-state index is -3.76. The molecule has 2 heterocycles. The van der Waals surface area contributed by atoms with E-state index in [9.17, 15) is 18.3 Å². The molecule has 0 radical (unpaired) electrons. The van der Waals surface area contributed by atoms with Crippen LogP contribution in [0, 0.1) is 0 Å². The zero-order valence-corrected chi connectivity index (χ0v) is 12.1. The molecule has 1 unspecified atom stereocenters. The number of hydrogen-bond donors (Lipinski definition) is 2. The van der Waals surface area contributed by atoms with Crippen molar-refractivity contribution in [1.29, 1.82) is 0 Å². The Morgan fingerprint density at radius 3 is 2.74 bits per heavy atom. The van der Waals surface area contributed by atoms with E-state index in [1.54, 1.807) is 6.92 Å². The highest BCUT2D eigenvalue weighted by Gasteiger charge is 2.40. The molecule has 106 valence electrons. The van der Waals surface area contributed by atoms with Crippen molar-refractivity contribution < 1.29 is 18.3 Å². The first kappa shape index (κ1) is 14.3. The highest BCUT2D eigenvalue weighted by molar-refractivity contribution is 7.91. The number of rotatable bonds is 3. The molecule has 1 aliphatic rings. The first-order valence-electron chi connectivity index (χ1n) is 5.54. The zero-order valence-electron chi connectivity index (χ0n) is 10.5. The van der Waals surface area contributed by atoms with E-state index in [-0.39, 0.29) is 28.5 Å². The fourth-order valence-electron chi connectivity index (χ4n) is 1.73. The van der Waals surface area contributed by atoms with E-state index in [0.29, 0.717) is 6.42 Å². The summed E-state index contributed by atoms with van der Waals surface area (Å²) >= 11 is 0.790. The predicted molar refractivity (Wildman–Crippen MR) is 68.2 cm³/mol. The molecule has 2 N–H and O–H groups in total. The van der Waals surface area contributed by atoms with Crippen LogP contribution in [0.15, 0.2) is 4.34 Å². The SMILES string of the molecule is CC(=O)Nc1nnc(S(=O)(=O)N2CCC(C)(O)C2)s1. The fraction of sp³-hybridized carbons (Fsp3) is 0.667. The lowest BCUT2D eigenvalue weighted by atomic mass is 10.1. The topological polar surface area (TPSA) is 112 Å². The summed E-state index contributed by atoms with van der Waals surface area (Å²) in [6.07, 6.45) is 0.379. The van der Waals surface area contributed by atoms with Crippen molar-refractivity contribution in [3.8, 4) is 0 Å². The Hall–Kier alpha value is -1.10. The van der Waals surface area contributed by atoms with E-state index in [4.69, 9.17) is 0 Å². The van der Waals surface area contributed by atoms with Gasteiger partial charge in [-0.3, -0.25) is 4.79 Å². The maximum atomic E-state index is 12.2. The zero-order chi connectivity index (χ0) is 14.3. The quantitative estimate of drug-likeness (QED) is 0.738. The maximum Gasteiger partial charge on any atom is 0.272 e. The summed E-state index contributed by atoms with van der Waals surface area (Å²) in [5.74, 6) is -0.343. The van der Waals surface area contributed by atoms with Crippen LogP contribution in [0.1, 0.15) is 20.3 Å². The third-order valence-corrected chi connectivity index (χ3v) is 5.70. The van der Waals surface area contributed by atoms with Gasteiger partial charge < -0.3 is 10.4 Å². The van der Waals surface area contributed by atoms with Gasteiger partial charge in [-0.15, -0.1) is 10.2 Å². The van der Waals surface area contributed by atoms with Gasteiger partial charge in [0.1, 0.15) is 0 Å². The van der Waals surface area contributed by atoms with Crippen LogP contribution in [-0.4, -0.2) is 52.6 Å². The van der Waals surface area contributed by atoms with Crippen molar-refractivity contribution in [2.45, 2.75) is 30.2 Å². The summed E-state index contributed by atoms with van der Waals surface area (Å²) in [6.45, 7) is 3.16. The number of sulfonamides is 1. The van der Waals surface area contributed by atoms with Gasteiger partial charge in [0.2, 0.25) is 15.4 Å². The van der Waals surface area contributed by atoms with Crippen LogP contribution in [0.2, 0.25) is 0 Å². The molecule has 1 amide bonds. The summed E-state index contributed by atoms with van der Waals surface area (Å²) in [6, 6.07) is 0. The maximum absolute atomic E-state index is 12.2. The summed E-state index contributed by atoms with van der Waals surface area (Å²) in [5, 5.41) is 19.5. The molecule has 0 bridgehead atoms. The Morgan fingerprint density at radius 1 is 1.53 bits per heavy atom. The van der Waals surface area contributed by atoms with Gasteiger partial charge in [0.05, 0.1) is 5.60 Å². The molecule has 0 spiro atoms. The average Bonchev–Trinajstić information content (AvgIpc) is 2.84. The number of β-amino-alcohol motifs (C(OH)–C–C–N with tert-alkyl or cyclic N) is 1. The van der Waals surface area contributed by atoms with E-state index in [2.05, 4.69) is 15.5 Å². The van der Waals surface area contributed by atoms with Crippen LogP contribution in [-0.2, 0) is 14.8 Å². The summed E-state index contributed by atoms with van der Waals surface area (Å²) in [4.78, 5) is 10.8. The molecule has 1 aliphatic heterocycles. The smallest absolute Gasteiger partial charge is 0.272 e. The predicted octanol–water partition coefficient (Wildman–Crippen LogP) is -0.358. The molecule has 1 fully saturated rings. The van der Waals surface area contributed by atoms with Gasteiger partial charge in [0, 0.05) is 20.0 Å². The van der Waals surface area contributed by atoms with E-state index in [0.717, 1.165) is 11.3 Å². The van der Waals surface area contributed by atoms with E-state index < -0.39 is 15.6 Å². The molecule has 1 atom stereocenters. The van der Waals surface area contributed by atoms with Crippen LogP contribution >= 0.6 is 11.3 Å². The molecule has 10 heteroatoms. The Kier molecular flexibility index (Phi) is 3.60. The van der Waals surface area contributed by atoms with E-state index >= 15 is 0 Å². The van der Waals surface area contributed by atoms with Crippen LogP contribution in [0.4, 0.5) is 5.13 Å². The van der Waals surface area contributed by atoms with Crippen molar-refractivity contribution in [1.82, 2.24) is 14.5 Å². The largest absolute Gasteiger partial charge is 0.389 e. The third-order valence-electron chi connectivity index (χ3n) is 2.67. The lowest BCUT2D eigenvalue weighted by molar-refractivity contribution is -0.114. The Bertz CT molecular complexity index is 595. The minimum absolute atomic E-state index is 0.0321. The number of hydrogen-bond acceptors (Lipinski definition) is 7. The molecule has 8 nitrogen and oxygen atoms in total. The van der Waals surface area contributed by atoms with Gasteiger partial charge in [-0.2, -0.15) is 4.31 Å². The van der Waals surface area contributed by atoms with Crippen LogP contribution in [0.25, 0.3) is 0 Å². The van der Waals surface area contributed by atoms with Crippen molar-refractivity contribution in [3.63, 3.8) is 0 Å². The number of carbonyl (C=O) groups is 1. The molecule has 2 rings (SSSR count). The fourth-order valence-corrected chi connectivity index (χ4v) is 4.38. The van der Waals surface area contributed by atoms with Crippen LogP contribution in [0.5, 0.6) is 0 Å². The van der Waals surface area contributed by atoms with Crippen LogP contribution in [0.3, 0.4) is 0 Å². The van der Waals surface area contributed by atoms with E-state index in [1.807, 2.05) is 0 Å². The molecule has 1 aromatic rings. The summed E-state index contributed by atoms with van der Waals surface area (Å²) in [7, 11) is -3.76. The number of amides is 1. The molecule has 0 aliphatic carbocycles. The standard InChI is InChI=1S/C9H14N4O4S2/c1-6(14)10-7-11-12-8(18-7)19(16,17)13-4-3-9(2,15)5-13/h15H,3-5H2,1-2H3,(H,10,11,14). The molecule has 0 saturated carbocycles. The Balaban J connectivity index is 2.21. The van der Waals surface area contributed by atoms with Crippen molar-refractivity contribution in [2.24, 2.45) is 0 Å². The third kappa shape index (κ3) is 3.08. The van der Waals surface area contributed by atoms with Crippen molar-refractivity contribution in [3.05, 3.63) is 0 Å². The Morgan fingerprint density at radius 2 is 2.21 bits per heavy atom. The number of carbonyl (C=O) groups excluding carboxylic acids is 1. The highest BCUT2D eigenvalue weighted by Crippen LogP contribution is 2.29. The molecule has 1 aromatic heterocycles. The number of nitrogens with one attached hydrogen (secondary N) is 1. The first-order valence-corrected chi connectivity index (χ1v) is 7.80. The lowest BCUT2D eigenvalue weighted by Crippen LogP contribution is -2.33. The molecule has 0 aromatic carbocycles. The number of nitrogens with zero attached hydrogens (tertiary/aromatic N) is 3. The molecule has 19 heavy (non-hydrogen) atoms. The Labute approximate surface area is 114 Å². The second kappa shape index (κ2) is 4.78. The summed E-state index contributed by atoms with van der Waals surface area (Å²) < 4.78 is 25.4. The number of aromatic nitrogens is 2. The van der Waals surface area contributed by atoms with Gasteiger partial charge in [0.25, 0.3) is 10.0 Å².